The highest BCUT2D eigenvalue weighted by molar-refractivity contribution is 7.08. The van der Waals surface area contributed by atoms with E-state index in [0.717, 1.165) is 11.5 Å². The van der Waals surface area contributed by atoms with Crippen LogP contribution in [0.5, 0.6) is 0 Å². The Balaban J connectivity index is 2.32. The van der Waals surface area contributed by atoms with E-state index in [9.17, 15) is 4.79 Å². The van der Waals surface area contributed by atoms with Crippen LogP contribution in [0, 0.1) is 0 Å². The molecule has 7 nitrogen and oxygen atoms in total. The number of amides is 1. The molecule has 2 aromatic rings. The molecule has 1 aromatic heterocycles. The lowest BCUT2D eigenvalue weighted by Crippen LogP contribution is -2.26. The number of oxime groups is 1. The van der Waals surface area contributed by atoms with E-state index in [1.807, 2.05) is 6.92 Å². The summed E-state index contributed by atoms with van der Waals surface area (Å²) in [6.45, 7) is 1.92. The molecule has 0 unspecified atom stereocenters. The summed E-state index contributed by atoms with van der Waals surface area (Å²) in [5, 5.41) is 15.6. The Morgan fingerprint density at radius 3 is 2.95 bits per heavy atom. The van der Waals surface area contributed by atoms with Crippen molar-refractivity contribution in [1.82, 2.24) is 9.59 Å². The molecule has 0 saturated carbocycles. The van der Waals surface area contributed by atoms with Crippen LogP contribution in [0.4, 0.5) is 5.69 Å². The van der Waals surface area contributed by atoms with Crippen molar-refractivity contribution in [1.29, 1.82) is 0 Å². The number of anilines is 1. The first-order valence-electron chi connectivity index (χ1n) is 6.25. The molecule has 0 bridgehead atoms. The Morgan fingerprint density at radius 1 is 1.52 bits per heavy atom. The highest BCUT2D eigenvalue weighted by atomic mass is 32.1. The lowest BCUT2D eigenvalue weighted by atomic mass is 10.1. The van der Waals surface area contributed by atoms with Crippen molar-refractivity contribution < 1.29 is 10.0 Å². The quantitative estimate of drug-likeness (QED) is 0.385. The average molecular weight is 305 g/mol. The van der Waals surface area contributed by atoms with E-state index in [2.05, 4.69) is 14.7 Å². The van der Waals surface area contributed by atoms with Crippen LogP contribution >= 0.6 is 11.5 Å². The number of nitrogens with zero attached hydrogens (tertiary/aromatic N) is 4. The van der Waals surface area contributed by atoms with Gasteiger partial charge in [-0.25, -0.2) is 0 Å². The molecule has 0 fully saturated rings. The summed E-state index contributed by atoms with van der Waals surface area (Å²) in [6.07, 6.45) is 0.648. The predicted molar refractivity (Wildman–Crippen MR) is 81.0 cm³/mol. The topological polar surface area (TPSA) is 105 Å². The van der Waals surface area contributed by atoms with Crippen molar-refractivity contribution in [2.45, 2.75) is 13.3 Å². The van der Waals surface area contributed by atoms with E-state index in [0.29, 0.717) is 28.2 Å². The maximum Gasteiger partial charge on any atom is 0.271 e. The van der Waals surface area contributed by atoms with Crippen molar-refractivity contribution in [2.75, 3.05) is 11.9 Å². The van der Waals surface area contributed by atoms with Crippen LogP contribution in [0.25, 0.3) is 0 Å². The molecule has 0 aliphatic heterocycles. The molecule has 0 radical (unpaired) electrons. The summed E-state index contributed by atoms with van der Waals surface area (Å²) in [5.74, 6) is -0.190. The van der Waals surface area contributed by atoms with Gasteiger partial charge in [-0.05, 0) is 30.1 Å². The van der Waals surface area contributed by atoms with Gasteiger partial charge in [-0.3, -0.25) is 4.79 Å². The lowest BCUT2D eigenvalue weighted by molar-refractivity contribution is 0.0996. The third kappa shape index (κ3) is 3.00. The van der Waals surface area contributed by atoms with E-state index < -0.39 is 0 Å². The molecule has 21 heavy (non-hydrogen) atoms. The molecule has 8 heteroatoms. The van der Waals surface area contributed by atoms with Crippen molar-refractivity contribution in [3.63, 3.8) is 0 Å². The highest BCUT2D eigenvalue weighted by Crippen LogP contribution is 2.20. The summed E-state index contributed by atoms with van der Waals surface area (Å²) in [4.78, 5) is 14.5. The molecule has 0 atom stereocenters. The SMILES string of the molecule is CCc1nnsc1C(=O)N(C)c1cccc(C(N)=NO)c1. The second-order valence-corrected chi connectivity index (χ2v) is 5.06. The molecule has 2 rings (SSSR count). The number of carbonyl (C=O) groups is 1. The Morgan fingerprint density at radius 2 is 2.29 bits per heavy atom. The van der Waals surface area contributed by atoms with Gasteiger partial charge in [0.25, 0.3) is 5.91 Å². The maximum atomic E-state index is 12.5. The molecule has 110 valence electrons. The fraction of sp³-hybridized carbons (Fsp3) is 0.231. The van der Waals surface area contributed by atoms with Gasteiger partial charge in [0.1, 0.15) is 4.88 Å². The summed E-state index contributed by atoms with van der Waals surface area (Å²) in [7, 11) is 1.66. The van der Waals surface area contributed by atoms with Crippen LogP contribution in [-0.2, 0) is 6.42 Å². The van der Waals surface area contributed by atoms with Crippen LogP contribution in [0.1, 0.15) is 27.9 Å². The van der Waals surface area contributed by atoms with Crippen molar-refractivity contribution in [3.05, 3.63) is 40.4 Å². The summed E-state index contributed by atoms with van der Waals surface area (Å²) >= 11 is 1.08. The Hall–Kier alpha value is -2.48. The third-order valence-corrected chi connectivity index (χ3v) is 3.78. The summed E-state index contributed by atoms with van der Waals surface area (Å²) in [6, 6.07) is 6.87. The van der Waals surface area contributed by atoms with E-state index in [-0.39, 0.29) is 11.7 Å². The zero-order chi connectivity index (χ0) is 15.4. The maximum absolute atomic E-state index is 12.5. The van der Waals surface area contributed by atoms with Gasteiger partial charge in [0, 0.05) is 18.3 Å². The number of hydrogen-bond acceptors (Lipinski definition) is 6. The van der Waals surface area contributed by atoms with Crippen LogP contribution in [0.3, 0.4) is 0 Å². The van der Waals surface area contributed by atoms with Crippen LogP contribution in [-0.4, -0.2) is 33.6 Å². The second kappa shape index (κ2) is 6.31. The zero-order valence-electron chi connectivity index (χ0n) is 11.6. The first-order chi connectivity index (χ1) is 10.1. The molecular formula is C13H15N5O2S. The van der Waals surface area contributed by atoms with Gasteiger partial charge in [-0.15, -0.1) is 5.10 Å². The number of nitrogens with two attached hydrogens (primary N) is 1. The molecule has 3 N–H and O–H groups in total. The number of rotatable bonds is 4. The van der Waals surface area contributed by atoms with Gasteiger partial charge in [-0.1, -0.05) is 28.7 Å². The number of amidine groups is 1. The molecule has 1 amide bonds. The van der Waals surface area contributed by atoms with Crippen LogP contribution in [0.2, 0.25) is 0 Å². The molecule has 0 saturated heterocycles. The van der Waals surface area contributed by atoms with Crippen molar-refractivity contribution >= 4 is 29.0 Å². The van der Waals surface area contributed by atoms with Gasteiger partial charge in [-0.2, -0.15) is 0 Å². The van der Waals surface area contributed by atoms with Gasteiger partial charge in [0.15, 0.2) is 5.84 Å². The van der Waals surface area contributed by atoms with Crippen molar-refractivity contribution in [3.8, 4) is 0 Å². The number of carbonyl (C=O) groups excluding carboxylic acids is 1. The Kier molecular flexibility index (Phi) is 4.49. The van der Waals surface area contributed by atoms with Gasteiger partial charge in [0.05, 0.1) is 5.69 Å². The predicted octanol–water partition coefficient (Wildman–Crippen LogP) is 1.47. The number of aromatic nitrogens is 2. The number of hydrogen-bond donors (Lipinski definition) is 2. The van der Waals surface area contributed by atoms with E-state index in [1.54, 1.807) is 31.3 Å². The fourth-order valence-corrected chi connectivity index (χ4v) is 2.53. The van der Waals surface area contributed by atoms with Gasteiger partial charge >= 0.3 is 0 Å². The first-order valence-corrected chi connectivity index (χ1v) is 7.03. The fourth-order valence-electron chi connectivity index (χ4n) is 1.80. The second-order valence-electron chi connectivity index (χ2n) is 4.30. The smallest absolute Gasteiger partial charge is 0.271 e. The largest absolute Gasteiger partial charge is 0.409 e. The van der Waals surface area contributed by atoms with Crippen LogP contribution in [0.15, 0.2) is 29.4 Å². The first kappa shape index (κ1) is 14.9. The molecule has 0 aliphatic rings. The minimum atomic E-state index is -0.182. The molecule has 1 heterocycles. The molecule has 0 spiro atoms. The highest BCUT2D eigenvalue weighted by Gasteiger charge is 2.20. The standard InChI is InChI=1S/C13H15N5O2S/c1-3-10-11(21-17-15-10)13(19)18(2)9-6-4-5-8(7-9)12(14)16-20/h4-7,20H,3H2,1-2H3,(H2,14,16). The van der Waals surface area contributed by atoms with E-state index in [1.165, 1.54) is 4.90 Å². The normalized spacial score (nSPS) is 11.4. The van der Waals surface area contributed by atoms with Gasteiger partial charge in [0.2, 0.25) is 0 Å². The Bertz CT molecular complexity index is 683. The minimum absolute atomic E-state index is 0.00796. The number of aryl methyl sites for hydroxylation is 1. The lowest BCUT2D eigenvalue weighted by Gasteiger charge is -2.17. The number of benzene rings is 1. The summed E-state index contributed by atoms with van der Waals surface area (Å²) < 4.78 is 3.82. The Labute approximate surface area is 125 Å². The molecule has 1 aromatic carbocycles. The van der Waals surface area contributed by atoms with Crippen molar-refractivity contribution in [2.24, 2.45) is 10.9 Å². The average Bonchev–Trinajstić information content (AvgIpc) is 3.01. The van der Waals surface area contributed by atoms with Crippen LogP contribution < -0.4 is 10.6 Å². The van der Waals surface area contributed by atoms with Gasteiger partial charge < -0.3 is 15.8 Å². The molecular weight excluding hydrogens is 290 g/mol. The monoisotopic (exact) mass is 305 g/mol. The van der Waals surface area contributed by atoms with E-state index in [4.69, 9.17) is 10.9 Å². The third-order valence-electron chi connectivity index (χ3n) is 3.03. The summed E-state index contributed by atoms with van der Waals surface area (Å²) in [5.41, 5.74) is 7.42. The molecule has 0 aliphatic carbocycles. The van der Waals surface area contributed by atoms with E-state index >= 15 is 0 Å². The zero-order valence-corrected chi connectivity index (χ0v) is 12.5. The minimum Gasteiger partial charge on any atom is -0.409 e.